The zero-order valence-electron chi connectivity index (χ0n) is 47.0. The molecule has 0 fully saturated rings. The highest BCUT2D eigenvalue weighted by Gasteiger charge is 2.22. The number of carbonyl (C=O) groups excluding carboxylic acids is 1. The van der Waals surface area contributed by atoms with Crippen LogP contribution in [0.3, 0.4) is 0 Å². The quantitative estimate of drug-likeness (QED) is 0.0361. The maximum Gasteiger partial charge on any atom is 0.249 e. The van der Waals surface area contributed by atoms with Crippen LogP contribution in [0.4, 0.5) is 0 Å². The molecule has 0 aromatic rings. The van der Waals surface area contributed by atoms with E-state index in [-0.39, 0.29) is 6.61 Å². The molecule has 3 unspecified atom stereocenters. The second-order valence-electron chi connectivity index (χ2n) is 22.0. The first-order chi connectivity index (χ1) is 34.1. The van der Waals surface area contributed by atoms with E-state index in [1.807, 2.05) is 6.08 Å². The minimum atomic E-state index is -1.10. The summed E-state index contributed by atoms with van der Waals surface area (Å²) in [6.07, 6.45) is 77.2. The number of hydrogen-bond donors (Lipinski definition) is 4. The van der Waals surface area contributed by atoms with Gasteiger partial charge in [-0.15, -0.1) is 0 Å². The number of aliphatic hydroxyl groups is 3. The molecule has 0 saturated heterocycles. The summed E-state index contributed by atoms with van der Waals surface area (Å²) in [5.74, 6) is -0.497. The van der Waals surface area contributed by atoms with E-state index in [2.05, 4.69) is 31.3 Å². The number of rotatable bonds is 59. The number of hydrogen-bond acceptors (Lipinski definition) is 4. The van der Waals surface area contributed by atoms with Crippen molar-refractivity contribution in [2.75, 3.05) is 6.61 Å². The van der Waals surface area contributed by atoms with Crippen molar-refractivity contribution in [1.29, 1.82) is 0 Å². The molecule has 0 aromatic heterocycles. The Kier molecular flexibility index (Phi) is 58.4. The zero-order chi connectivity index (χ0) is 50.0. The van der Waals surface area contributed by atoms with Crippen LogP contribution in [0.25, 0.3) is 0 Å². The van der Waals surface area contributed by atoms with Gasteiger partial charge in [0.25, 0.3) is 0 Å². The van der Waals surface area contributed by atoms with E-state index in [1.165, 1.54) is 302 Å². The predicted octanol–water partition coefficient (Wildman–Crippen LogP) is 20.0. The first kappa shape index (κ1) is 67.8. The summed E-state index contributed by atoms with van der Waals surface area (Å²) in [4.78, 5) is 12.6. The van der Waals surface area contributed by atoms with Crippen LogP contribution < -0.4 is 5.32 Å². The summed E-state index contributed by atoms with van der Waals surface area (Å²) in [5.41, 5.74) is 0. The number of nitrogens with one attached hydrogen (secondary N) is 1. The fourth-order valence-electron chi connectivity index (χ4n) is 10.1. The van der Waals surface area contributed by atoms with E-state index in [0.717, 1.165) is 32.1 Å². The van der Waals surface area contributed by atoms with Gasteiger partial charge in [0, 0.05) is 0 Å². The van der Waals surface area contributed by atoms with Gasteiger partial charge < -0.3 is 20.6 Å². The highest BCUT2D eigenvalue weighted by Crippen LogP contribution is 2.18. The fourth-order valence-corrected chi connectivity index (χ4v) is 10.1. The lowest BCUT2D eigenvalue weighted by molar-refractivity contribution is -0.131. The average Bonchev–Trinajstić information content (AvgIpc) is 3.35. The van der Waals surface area contributed by atoms with Gasteiger partial charge in [0.2, 0.25) is 5.91 Å². The van der Waals surface area contributed by atoms with E-state index in [4.69, 9.17) is 0 Å². The van der Waals surface area contributed by atoms with Crippen molar-refractivity contribution in [3.05, 3.63) is 24.3 Å². The van der Waals surface area contributed by atoms with Gasteiger partial charge in [0.1, 0.15) is 6.10 Å². The molecule has 0 radical (unpaired) electrons. The first-order valence-electron chi connectivity index (χ1n) is 31.7. The van der Waals surface area contributed by atoms with Crippen molar-refractivity contribution in [3.63, 3.8) is 0 Å². The largest absolute Gasteiger partial charge is 0.394 e. The molecule has 69 heavy (non-hydrogen) atoms. The van der Waals surface area contributed by atoms with Crippen LogP contribution in [0.15, 0.2) is 24.3 Å². The van der Waals surface area contributed by atoms with Crippen molar-refractivity contribution in [2.24, 2.45) is 0 Å². The lowest BCUT2D eigenvalue weighted by Gasteiger charge is -2.21. The van der Waals surface area contributed by atoms with Gasteiger partial charge in [0.05, 0.1) is 18.8 Å². The van der Waals surface area contributed by atoms with Crippen molar-refractivity contribution in [2.45, 2.75) is 372 Å². The molecule has 0 aliphatic carbocycles. The Morgan fingerprint density at radius 3 is 0.841 bits per heavy atom. The second-order valence-corrected chi connectivity index (χ2v) is 22.0. The van der Waals surface area contributed by atoms with Gasteiger partial charge in [0.15, 0.2) is 0 Å². The molecule has 0 bridgehead atoms. The minimum absolute atomic E-state index is 0.360. The molecule has 1 amide bonds. The Bertz CT molecular complexity index is 1030. The topological polar surface area (TPSA) is 89.8 Å². The smallest absolute Gasteiger partial charge is 0.249 e. The van der Waals surface area contributed by atoms with Crippen LogP contribution in [-0.2, 0) is 4.79 Å². The van der Waals surface area contributed by atoms with Gasteiger partial charge in [-0.2, -0.15) is 0 Å². The van der Waals surface area contributed by atoms with Crippen LogP contribution in [-0.4, -0.2) is 46.1 Å². The van der Waals surface area contributed by atoms with Crippen LogP contribution in [0, 0.1) is 0 Å². The maximum absolute atomic E-state index is 12.6. The summed E-state index contributed by atoms with van der Waals surface area (Å²) in [6, 6.07) is -0.796. The summed E-state index contributed by atoms with van der Waals surface area (Å²) in [5, 5.41) is 33.4. The predicted molar refractivity (Wildman–Crippen MR) is 305 cm³/mol. The third-order valence-corrected chi connectivity index (χ3v) is 15.0. The van der Waals surface area contributed by atoms with Crippen LogP contribution >= 0.6 is 0 Å². The van der Waals surface area contributed by atoms with Crippen molar-refractivity contribution in [3.8, 4) is 0 Å². The molecule has 0 spiro atoms. The summed E-state index contributed by atoms with van der Waals surface area (Å²) in [6.45, 7) is 4.23. The summed E-state index contributed by atoms with van der Waals surface area (Å²) >= 11 is 0. The molecule has 0 saturated carbocycles. The maximum atomic E-state index is 12.6. The van der Waals surface area contributed by atoms with E-state index < -0.39 is 24.2 Å². The average molecular weight is 973 g/mol. The molecular formula is C64H125NO4. The Labute approximate surface area is 432 Å². The molecule has 0 heterocycles. The molecule has 3 atom stereocenters. The van der Waals surface area contributed by atoms with E-state index in [9.17, 15) is 20.1 Å². The van der Waals surface area contributed by atoms with Gasteiger partial charge in [-0.1, -0.05) is 334 Å². The number of amides is 1. The van der Waals surface area contributed by atoms with Crippen molar-refractivity contribution < 1.29 is 20.1 Å². The van der Waals surface area contributed by atoms with Crippen molar-refractivity contribution >= 4 is 5.91 Å². The van der Waals surface area contributed by atoms with Crippen LogP contribution in [0.1, 0.15) is 354 Å². The molecule has 5 heteroatoms. The molecule has 0 aliphatic heterocycles. The zero-order valence-corrected chi connectivity index (χ0v) is 47.0. The normalized spacial score (nSPS) is 13.3. The molecule has 0 aliphatic rings. The number of carbonyl (C=O) groups is 1. The van der Waals surface area contributed by atoms with E-state index in [1.54, 1.807) is 6.08 Å². The molecule has 4 N–H and O–H groups in total. The highest BCUT2D eigenvalue weighted by atomic mass is 16.3. The molecular weight excluding hydrogens is 847 g/mol. The molecule has 0 aromatic carbocycles. The second kappa shape index (κ2) is 59.4. The number of allylic oxidation sites excluding steroid dienone is 3. The molecule has 5 nitrogen and oxygen atoms in total. The fraction of sp³-hybridized carbons (Fsp3) is 0.922. The van der Waals surface area contributed by atoms with E-state index >= 15 is 0 Å². The van der Waals surface area contributed by atoms with Gasteiger partial charge in [-0.3, -0.25) is 4.79 Å². The Morgan fingerprint density at radius 1 is 0.348 bits per heavy atom. The Hall–Kier alpha value is -1.17. The number of unbranched alkanes of at least 4 members (excludes halogenated alkanes) is 49. The molecule has 410 valence electrons. The van der Waals surface area contributed by atoms with Crippen LogP contribution in [0.2, 0.25) is 0 Å². The van der Waals surface area contributed by atoms with Gasteiger partial charge in [-0.25, -0.2) is 0 Å². The Morgan fingerprint density at radius 2 is 0.580 bits per heavy atom. The van der Waals surface area contributed by atoms with Crippen LogP contribution in [0.5, 0.6) is 0 Å². The third kappa shape index (κ3) is 54.4. The van der Waals surface area contributed by atoms with Gasteiger partial charge in [-0.05, 0) is 44.9 Å². The lowest BCUT2D eigenvalue weighted by atomic mass is 10.0. The van der Waals surface area contributed by atoms with Gasteiger partial charge >= 0.3 is 0 Å². The summed E-state index contributed by atoms with van der Waals surface area (Å²) < 4.78 is 0. The number of aliphatic hydroxyl groups excluding tert-OH is 3. The third-order valence-electron chi connectivity index (χ3n) is 15.0. The van der Waals surface area contributed by atoms with E-state index in [0.29, 0.717) is 6.42 Å². The monoisotopic (exact) mass is 972 g/mol. The molecule has 0 rings (SSSR count). The van der Waals surface area contributed by atoms with Crippen molar-refractivity contribution in [1.82, 2.24) is 5.32 Å². The highest BCUT2D eigenvalue weighted by molar-refractivity contribution is 5.80. The minimum Gasteiger partial charge on any atom is -0.394 e. The lowest BCUT2D eigenvalue weighted by Crippen LogP contribution is -2.48. The first-order valence-corrected chi connectivity index (χ1v) is 31.7. The summed E-state index contributed by atoms with van der Waals surface area (Å²) in [7, 11) is 0. The Balaban J connectivity index is 3.48. The standard InChI is InChI=1S/C64H125NO4/c1-3-5-7-9-11-13-15-17-19-21-23-24-25-26-27-28-29-30-31-32-33-34-35-36-37-38-39-41-43-45-47-49-51-53-55-57-59-63(68)64(69)65-61(60-66)62(67)58-56-54-52-50-48-46-44-42-40-22-20-18-16-14-12-10-8-6-4-2/h30-31,56,58,61-63,66-68H,3-29,32-55,57,59-60H2,1-2H3,(H,65,69)/b31-30-,58-56+. The SMILES string of the molecule is CCCCCCCCCCCCCCCCCC/C=C\CCCCCCCCCCCCCCCCCCC(O)C(=O)NC(CO)C(O)/C=C/CCCCCCCCCCCCCCCCCCC.